The first-order valence-corrected chi connectivity index (χ1v) is 12.3. The predicted molar refractivity (Wildman–Crippen MR) is 125 cm³/mol. The Morgan fingerprint density at radius 3 is 1.52 bits per heavy atom. The molecule has 0 aliphatic heterocycles. The van der Waals surface area contributed by atoms with E-state index in [0.717, 1.165) is 0 Å². The lowest BCUT2D eigenvalue weighted by Crippen LogP contribution is -2.22. The maximum Gasteiger partial charge on any atom is -0.00127 e. The van der Waals surface area contributed by atoms with E-state index in [2.05, 4.69) is 43.4 Å². The van der Waals surface area contributed by atoms with E-state index in [9.17, 15) is 0 Å². The van der Waals surface area contributed by atoms with E-state index in [0.29, 0.717) is 0 Å². The maximum absolute atomic E-state index is 3.56. The lowest BCUT2D eigenvalue weighted by molar-refractivity contribution is 0.393. The van der Waals surface area contributed by atoms with Crippen LogP contribution in [0.25, 0.3) is 0 Å². The lowest BCUT2D eigenvalue weighted by atomic mass is 10.1. The fourth-order valence-corrected chi connectivity index (χ4v) is 3.50. The van der Waals surface area contributed by atoms with E-state index in [1.165, 1.54) is 129 Å². The summed E-state index contributed by atoms with van der Waals surface area (Å²) in [7, 11) is 4.29. The zero-order valence-corrected chi connectivity index (χ0v) is 19.2. The van der Waals surface area contributed by atoms with Crippen LogP contribution in [0.4, 0.5) is 0 Å². The first-order valence-electron chi connectivity index (χ1n) is 12.3. The van der Waals surface area contributed by atoms with Gasteiger partial charge in [0.2, 0.25) is 0 Å². The Morgan fingerprint density at radius 2 is 1.00 bits per heavy atom. The highest BCUT2D eigenvalue weighted by molar-refractivity contribution is 4.81. The van der Waals surface area contributed by atoms with Gasteiger partial charge < -0.3 is 10.2 Å². The zero-order valence-electron chi connectivity index (χ0n) is 19.2. The Kier molecular flexibility index (Phi) is 23.4. The minimum absolute atomic E-state index is 1.17. The standard InChI is InChI=1S/C25H52N2/c1-4-5-6-7-8-9-10-11-12-13-14-15-16-17-18-19-20-21-23-26-24-22-25-27(2)3/h11-12,26H,4-10,13-25H2,1-3H3/b12-11-. The third-order valence-corrected chi connectivity index (χ3v) is 5.32. The van der Waals surface area contributed by atoms with Crippen LogP contribution in [0.1, 0.15) is 116 Å². The fourth-order valence-electron chi connectivity index (χ4n) is 3.50. The van der Waals surface area contributed by atoms with Crippen molar-refractivity contribution in [3.63, 3.8) is 0 Å². The molecule has 0 aromatic rings. The summed E-state index contributed by atoms with van der Waals surface area (Å²) in [4.78, 5) is 2.26. The van der Waals surface area contributed by atoms with E-state index in [4.69, 9.17) is 0 Å². The summed E-state index contributed by atoms with van der Waals surface area (Å²) in [5.74, 6) is 0. The second-order valence-electron chi connectivity index (χ2n) is 8.55. The van der Waals surface area contributed by atoms with Gasteiger partial charge >= 0.3 is 0 Å². The Balaban J connectivity index is 3.05. The molecule has 0 amide bonds. The quantitative estimate of drug-likeness (QED) is 0.156. The van der Waals surface area contributed by atoms with Gasteiger partial charge in [-0.15, -0.1) is 0 Å². The second kappa shape index (κ2) is 23.7. The minimum atomic E-state index is 1.17. The largest absolute Gasteiger partial charge is 0.317 e. The van der Waals surface area contributed by atoms with Gasteiger partial charge in [-0.3, -0.25) is 0 Å². The molecule has 0 rings (SSSR count). The van der Waals surface area contributed by atoms with Crippen LogP contribution >= 0.6 is 0 Å². The van der Waals surface area contributed by atoms with Crippen molar-refractivity contribution in [3.8, 4) is 0 Å². The molecule has 0 heterocycles. The normalized spacial score (nSPS) is 11.9. The molecule has 0 saturated carbocycles. The SMILES string of the molecule is CCCCCCCC/C=C\CCCCCCCCCCNCCCN(C)C. The van der Waals surface area contributed by atoms with Gasteiger partial charge in [0.1, 0.15) is 0 Å². The molecule has 0 aromatic heterocycles. The van der Waals surface area contributed by atoms with Gasteiger partial charge in [-0.1, -0.05) is 89.7 Å². The molecule has 0 atom stereocenters. The van der Waals surface area contributed by atoms with Gasteiger partial charge in [0.05, 0.1) is 0 Å². The number of rotatable bonds is 22. The van der Waals surface area contributed by atoms with Crippen molar-refractivity contribution in [2.45, 2.75) is 116 Å². The number of unbranched alkanes of at least 4 members (excludes halogenated alkanes) is 14. The van der Waals surface area contributed by atoms with Gasteiger partial charge in [0.25, 0.3) is 0 Å². The highest BCUT2D eigenvalue weighted by atomic mass is 15.0. The van der Waals surface area contributed by atoms with Gasteiger partial charge in [-0.2, -0.15) is 0 Å². The number of hydrogen-bond donors (Lipinski definition) is 1. The van der Waals surface area contributed by atoms with Crippen molar-refractivity contribution in [1.29, 1.82) is 0 Å². The summed E-state index contributed by atoms with van der Waals surface area (Å²) in [6, 6.07) is 0. The maximum atomic E-state index is 3.56. The van der Waals surface area contributed by atoms with Crippen molar-refractivity contribution in [1.82, 2.24) is 10.2 Å². The molecule has 0 unspecified atom stereocenters. The zero-order chi connectivity index (χ0) is 19.8. The second-order valence-corrected chi connectivity index (χ2v) is 8.55. The first kappa shape index (κ1) is 26.7. The molecule has 0 spiro atoms. The molecule has 0 bridgehead atoms. The van der Waals surface area contributed by atoms with Crippen molar-refractivity contribution in [2.75, 3.05) is 33.7 Å². The summed E-state index contributed by atoms with van der Waals surface area (Å²) in [6.07, 6.45) is 28.5. The number of nitrogens with zero attached hydrogens (tertiary/aromatic N) is 1. The van der Waals surface area contributed by atoms with Crippen molar-refractivity contribution < 1.29 is 0 Å². The molecule has 0 aliphatic carbocycles. The van der Waals surface area contributed by atoms with Crippen LogP contribution in [0.5, 0.6) is 0 Å². The average molecular weight is 381 g/mol. The summed E-state index contributed by atoms with van der Waals surface area (Å²) >= 11 is 0. The van der Waals surface area contributed by atoms with Crippen molar-refractivity contribution in [2.24, 2.45) is 0 Å². The van der Waals surface area contributed by atoms with Gasteiger partial charge in [0.15, 0.2) is 0 Å². The van der Waals surface area contributed by atoms with Crippen LogP contribution in [0, 0.1) is 0 Å². The van der Waals surface area contributed by atoms with Crippen LogP contribution in [-0.4, -0.2) is 38.6 Å². The van der Waals surface area contributed by atoms with E-state index < -0.39 is 0 Å². The lowest BCUT2D eigenvalue weighted by Gasteiger charge is -2.09. The summed E-state index contributed by atoms with van der Waals surface area (Å²) in [5, 5.41) is 3.56. The smallest absolute Gasteiger partial charge is 0.00127 e. The van der Waals surface area contributed by atoms with Crippen LogP contribution in [-0.2, 0) is 0 Å². The van der Waals surface area contributed by atoms with Crippen molar-refractivity contribution >= 4 is 0 Å². The molecule has 0 radical (unpaired) electrons. The average Bonchev–Trinajstić information content (AvgIpc) is 2.65. The van der Waals surface area contributed by atoms with Crippen LogP contribution in [0.2, 0.25) is 0 Å². The first-order chi connectivity index (χ1) is 13.3. The molecular weight excluding hydrogens is 328 g/mol. The monoisotopic (exact) mass is 380 g/mol. The highest BCUT2D eigenvalue weighted by Crippen LogP contribution is 2.11. The van der Waals surface area contributed by atoms with Crippen molar-refractivity contribution in [3.05, 3.63) is 12.2 Å². The summed E-state index contributed by atoms with van der Waals surface area (Å²) in [6.45, 7) is 5.86. The van der Waals surface area contributed by atoms with Crippen LogP contribution < -0.4 is 5.32 Å². The number of nitrogens with one attached hydrogen (secondary N) is 1. The topological polar surface area (TPSA) is 15.3 Å². The molecule has 2 nitrogen and oxygen atoms in total. The minimum Gasteiger partial charge on any atom is -0.317 e. The van der Waals surface area contributed by atoms with Gasteiger partial charge in [-0.05, 0) is 72.3 Å². The Labute approximate surface area is 172 Å². The summed E-state index contributed by atoms with van der Waals surface area (Å²) < 4.78 is 0. The molecule has 0 aromatic carbocycles. The van der Waals surface area contributed by atoms with Gasteiger partial charge in [-0.25, -0.2) is 0 Å². The Morgan fingerprint density at radius 1 is 0.556 bits per heavy atom. The predicted octanol–water partition coefficient (Wildman–Crippen LogP) is 7.35. The molecule has 1 N–H and O–H groups in total. The molecule has 0 fully saturated rings. The third kappa shape index (κ3) is 25.7. The fraction of sp³-hybridized carbons (Fsp3) is 0.920. The summed E-state index contributed by atoms with van der Waals surface area (Å²) in [5.41, 5.74) is 0. The Hall–Kier alpha value is -0.340. The number of allylic oxidation sites excluding steroid dienone is 2. The number of hydrogen-bond acceptors (Lipinski definition) is 2. The van der Waals surface area contributed by atoms with Crippen LogP contribution in [0.15, 0.2) is 12.2 Å². The van der Waals surface area contributed by atoms with Crippen LogP contribution in [0.3, 0.4) is 0 Å². The van der Waals surface area contributed by atoms with E-state index in [-0.39, 0.29) is 0 Å². The molecule has 0 aliphatic rings. The Bertz CT molecular complexity index is 286. The molecular formula is C25H52N2. The molecule has 2 heteroatoms. The van der Waals surface area contributed by atoms with E-state index in [1.54, 1.807) is 0 Å². The molecule has 0 saturated heterocycles. The van der Waals surface area contributed by atoms with E-state index >= 15 is 0 Å². The molecule has 162 valence electrons. The highest BCUT2D eigenvalue weighted by Gasteiger charge is 1.94. The third-order valence-electron chi connectivity index (χ3n) is 5.32. The molecule has 27 heavy (non-hydrogen) atoms. The van der Waals surface area contributed by atoms with E-state index in [1.807, 2.05) is 0 Å². The van der Waals surface area contributed by atoms with Gasteiger partial charge in [0, 0.05) is 0 Å².